The Morgan fingerprint density at radius 1 is 0.273 bits per heavy atom. The summed E-state index contributed by atoms with van der Waals surface area (Å²) in [6.45, 7) is 4.62. The van der Waals surface area contributed by atoms with Crippen molar-refractivity contribution in [1.29, 1.82) is 0 Å². The van der Waals surface area contributed by atoms with Gasteiger partial charge in [0, 0.05) is 0 Å². The molecule has 0 atom stereocenters. The molecule has 0 saturated heterocycles. The van der Waals surface area contributed by atoms with E-state index in [2.05, 4.69) is 92.7 Å². The van der Waals surface area contributed by atoms with E-state index in [1.807, 2.05) is 0 Å². The zero-order valence-electron chi connectivity index (χ0n) is 36.5. The van der Waals surface area contributed by atoms with Crippen LogP contribution in [0.2, 0.25) is 0 Å². The predicted molar refractivity (Wildman–Crippen MR) is 246 cm³/mol. The molecule has 0 aliphatic heterocycles. The minimum absolute atomic E-state index is 1.17. The molecule has 0 saturated carbocycles. The molecular weight excluding hydrogens is 661 g/mol. The standard InChI is InChI=1S/C55H87/c1-3-5-7-9-11-13-15-17-19-21-23-25-27-29-31-34-42-50-44-38-40-48-53(50)55(52-46-36-33-37-47-52)54-49-41-39-45-51(54)43-35-32-30-28-26-24-22-20-18-16-14-12-10-8-6-4-2/h33,36-41,44-49H,3-32,34-35,42-43H2,1-2H3. The van der Waals surface area contributed by atoms with Gasteiger partial charge in [-0.25, -0.2) is 0 Å². The van der Waals surface area contributed by atoms with E-state index in [-0.39, 0.29) is 0 Å². The van der Waals surface area contributed by atoms with Crippen LogP contribution in [0.25, 0.3) is 0 Å². The van der Waals surface area contributed by atoms with E-state index in [1.165, 1.54) is 252 Å². The number of hydrogen-bond donors (Lipinski definition) is 0. The second kappa shape index (κ2) is 33.8. The van der Waals surface area contributed by atoms with Gasteiger partial charge in [-0.05, 0) is 53.5 Å². The third-order valence-electron chi connectivity index (χ3n) is 12.2. The SMILES string of the molecule is CCCCCCCCCCCCCCCCCCc1ccccc1[C](c1ccccc1)c1ccccc1CCCCCCCCCCCCCCCCCC. The summed E-state index contributed by atoms with van der Waals surface area (Å²) in [6.07, 6.45) is 47.8. The van der Waals surface area contributed by atoms with Gasteiger partial charge in [0.2, 0.25) is 0 Å². The summed E-state index contributed by atoms with van der Waals surface area (Å²) in [5, 5.41) is 0. The molecule has 0 nitrogen and oxygen atoms in total. The molecule has 0 fully saturated rings. The fourth-order valence-corrected chi connectivity index (χ4v) is 8.75. The second-order valence-corrected chi connectivity index (χ2v) is 17.2. The first-order valence-corrected chi connectivity index (χ1v) is 24.4. The van der Waals surface area contributed by atoms with E-state index >= 15 is 0 Å². The molecule has 0 spiro atoms. The molecular formula is C55H87. The number of rotatable bonds is 37. The summed E-state index contributed by atoms with van der Waals surface area (Å²) in [7, 11) is 0. The Balaban J connectivity index is 1.37. The van der Waals surface area contributed by atoms with Crippen molar-refractivity contribution < 1.29 is 0 Å². The summed E-state index contributed by atoms with van der Waals surface area (Å²) < 4.78 is 0. The molecule has 0 bridgehead atoms. The average molecular weight is 748 g/mol. The molecule has 0 unspecified atom stereocenters. The van der Waals surface area contributed by atoms with Crippen LogP contribution in [-0.2, 0) is 12.8 Å². The van der Waals surface area contributed by atoms with Crippen molar-refractivity contribution in [2.24, 2.45) is 0 Å². The molecule has 55 heavy (non-hydrogen) atoms. The maximum Gasteiger partial charge on any atom is 0.0634 e. The van der Waals surface area contributed by atoms with Gasteiger partial charge in [0.25, 0.3) is 0 Å². The summed E-state index contributed by atoms with van der Waals surface area (Å²) in [5.74, 6) is 1.43. The van der Waals surface area contributed by atoms with Crippen LogP contribution in [0.4, 0.5) is 0 Å². The summed E-state index contributed by atoms with van der Waals surface area (Å²) >= 11 is 0. The van der Waals surface area contributed by atoms with Gasteiger partial charge >= 0.3 is 0 Å². The molecule has 3 aromatic carbocycles. The molecule has 1 radical (unpaired) electrons. The Kier molecular flexibility index (Phi) is 28.9. The Bertz CT molecular complexity index is 1180. The minimum atomic E-state index is 1.17. The topological polar surface area (TPSA) is 0 Å². The molecule has 3 rings (SSSR count). The number of hydrogen-bond acceptors (Lipinski definition) is 0. The highest BCUT2D eigenvalue weighted by Gasteiger charge is 2.22. The van der Waals surface area contributed by atoms with E-state index in [1.54, 1.807) is 0 Å². The molecule has 307 valence electrons. The Morgan fingerprint density at radius 3 is 0.836 bits per heavy atom. The third kappa shape index (κ3) is 22.3. The van der Waals surface area contributed by atoms with Crippen LogP contribution < -0.4 is 0 Å². The first kappa shape index (κ1) is 47.0. The van der Waals surface area contributed by atoms with E-state index in [0.717, 1.165) is 0 Å². The lowest BCUT2D eigenvalue weighted by atomic mass is 9.79. The smallest absolute Gasteiger partial charge is 0.0634 e. The maximum atomic E-state index is 2.40. The van der Waals surface area contributed by atoms with Crippen LogP contribution in [0.1, 0.15) is 247 Å². The van der Waals surface area contributed by atoms with Crippen LogP contribution in [0.15, 0.2) is 78.9 Å². The summed E-state index contributed by atoms with van der Waals surface area (Å²) in [6, 6.07) is 29.9. The van der Waals surface area contributed by atoms with Gasteiger partial charge in [0.1, 0.15) is 0 Å². The van der Waals surface area contributed by atoms with Crippen molar-refractivity contribution in [3.8, 4) is 0 Å². The molecule has 0 aliphatic rings. The van der Waals surface area contributed by atoms with Gasteiger partial charge in [0.15, 0.2) is 0 Å². The Morgan fingerprint density at radius 2 is 0.527 bits per heavy atom. The normalized spacial score (nSPS) is 11.5. The van der Waals surface area contributed by atoms with E-state index in [0.29, 0.717) is 0 Å². The van der Waals surface area contributed by atoms with Crippen LogP contribution in [0.3, 0.4) is 0 Å². The van der Waals surface area contributed by atoms with Gasteiger partial charge < -0.3 is 0 Å². The Labute approximate surface area is 343 Å². The van der Waals surface area contributed by atoms with Gasteiger partial charge in [0.05, 0.1) is 5.92 Å². The van der Waals surface area contributed by atoms with Gasteiger partial charge in [-0.2, -0.15) is 0 Å². The van der Waals surface area contributed by atoms with Crippen molar-refractivity contribution in [3.05, 3.63) is 113 Å². The van der Waals surface area contributed by atoms with E-state index in [9.17, 15) is 0 Å². The minimum Gasteiger partial charge on any atom is -0.0654 e. The number of aryl methyl sites for hydroxylation is 2. The first-order chi connectivity index (χ1) is 27.3. The lowest BCUT2D eigenvalue weighted by Crippen LogP contribution is -2.10. The highest BCUT2D eigenvalue weighted by molar-refractivity contribution is 5.61. The molecule has 3 aromatic rings. The zero-order chi connectivity index (χ0) is 38.7. The molecule has 0 heterocycles. The average Bonchev–Trinajstić information content (AvgIpc) is 3.22. The first-order valence-electron chi connectivity index (χ1n) is 24.4. The van der Waals surface area contributed by atoms with Gasteiger partial charge in [-0.15, -0.1) is 0 Å². The lowest BCUT2D eigenvalue weighted by molar-refractivity contribution is 0.529. The number of unbranched alkanes of at least 4 members (excludes halogenated alkanes) is 30. The summed E-state index contributed by atoms with van der Waals surface area (Å²) in [5.41, 5.74) is 7.26. The highest BCUT2D eigenvalue weighted by Crippen LogP contribution is 2.36. The van der Waals surface area contributed by atoms with Crippen LogP contribution in [0.5, 0.6) is 0 Å². The molecule has 0 heteroatoms. The van der Waals surface area contributed by atoms with Crippen molar-refractivity contribution in [1.82, 2.24) is 0 Å². The van der Waals surface area contributed by atoms with Crippen molar-refractivity contribution in [3.63, 3.8) is 0 Å². The molecule has 0 amide bonds. The van der Waals surface area contributed by atoms with Crippen LogP contribution in [0, 0.1) is 5.92 Å². The molecule has 0 N–H and O–H groups in total. The van der Waals surface area contributed by atoms with Crippen molar-refractivity contribution in [2.75, 3.05) is 0 Å². The predicted octanol–water partition coefficient (Wildman–Crippen LogP) is 18.3. The quantitative estimate of drug-likeness (QED) is 0.0407. The largest absolute Gasteiger partial charge is 0.0654 e. The fraction of sp³-hybridized carbons (Fsp3) is 0.655. The van der Waals surface area contributed by atoms with Crippen LogP contribution in [-0.4, -0.2) is 0 Å². The van der Waals surface area contributed by atoms with Crippen molar-refractivity contribution >= 4 is 0 Å². The maximum absolute atomic E-state index is 2.40. The fourth-order valence-electron chi connectivity index (χ4n) is 8.75. The third-order valence-corrected chi connectivity index (χ3v) is 12.2. The zero-order valence-corrected chi connectivity index (χ0v) is 36.5. The number of benzene rings is 3. The monoisotopic (exact) mass is 748 g/mol. The lowest BCUT2D eigenvalue weighted by Gasteiger charge is -2.24. The van der Waals surface area contributed by atoms with Crippen molar-refractivity contribution in [2.45, 2.75) is 232 Å². The van der Waals surface area contributed by atoms with E-state index in [4.69, 9.17) is 0 Å². The molecule has 0 aliphatic carbocycles. The molecule has 0 aromatic heterocycles. The van der Waals surface area contributed by atoms with Crippen LogP contribution >= 0.6 is 0 Å². The van der Waals surface area contributed by atoms with E-state index < -0.39 is 0 Å². The summed E-state index contributed by atoms with van der Waals surface area (Å²) in [4.78, 5) is 0. The van der Waals surface area contributed by atoms with Gasteiger partial charge in [-0.1, -0.05) is 285 Å². The second-order valence-electron chi connectivity index (χ2n) is 17.2. The Hall–Kier alpha value is -2.34. The van der Waals surface area contributed by atoms with Gasteiger partial charge in [-0.3, -0.25) is 0 Å². The highest BCUT2D eigenvalue weighted by atomic mass is 14.3.